The molecule has 0 spiro atoms. The van der Waals surface area contributed by atoms with Gasteiger partial charge in [-0.3, -0.25) is 9.36 Å². The first-order chi connectivity index (χ1) is 17.4. The molecule has 3 aliphatic heterocycles. The molecule has 10 nitrogen and oxygen atoms in total. The highest BCUT2D eigenvalue weighted by Gasteiger charge is 2.57. The molecule has 3 fully saturated rings. The number of aromatic nitrogens is 2. The monoisotopic (exact) mass is 516 g/mol. The predicted octanol–water partition coefficient (Wildman–Crippen LogP) is 3.55. The van der Waals surface area contributed by atoms with Gasteiger partial charge in [0, 0.05) is 26.8 Å². The van der Waals surface area contributed by atoms with Crippen LogP contribution in [0.4, 0.5) is 5.82 Å². The predicted molar refractivity (Wildman–Crippen MR) is 134 cm³/mol. The number of carbonyl (C=O) groups excluding carboxylic acids is 1. The number of anilines is 1. The first-order valence-corrected chi connectivity index (χ1v) is 13.5. The van der Waals surface area contributed by atoms with Crippen molar-refractivity contribution in [2.45, 2.75) is 76.2 Å². The molecule has 36 heavy (non-hydrogen) atoms. The van der Waals surface area contributed by atoms with Crippen molar-refractivity contribution in [3.05, 3.63) is 58.6 Å². The number of amides is 1. The number of nitrogens with one attached hydrogen (secondary N) is 1. The fraction of sp³-hybridized carbons (Fsp3) is 0.560. The number of hydrogen-bond acceptors (Lipinski definition) is 8. The number of nitrogens with zero attached hydrogens (tertiary/aromatic N) is 3. The minimum absolute atomic E-state index is 0.193. The SMILES string of the molecule is CC[C@H]1O[C@@H](n2ccc(NC(C)=O)nc2=O)C(OC)[C@H]1O[P@]1O[C@@](C)(c2ccccc2)[C@H]2CCCN21. The molecule has 1 aromatic carbocycles. The minimum Gasteiger partial charge on any atom is -0.374 e. The Balaban J connectivity index is 1.40. The summed E-state index contributed by atoms with van der Waals surface area (Å²) in [4.78, 5) is 28.1. The molecular weight excluding hydrogens is 483 g/mol. The van der Waals surface area contributed by atoms with Crippen LogP contribution in [0.15, 0.2) is 47.4 Å². The van der Waals surface area contributed by atoms with E-state index in [0.29, 0.717) is 6.42 Å². The van der Waals surface area contributed by atoms with Crippen LogP contribution < -0.4 is 11.0 Å². The first kappa shape index (κ1) is 25.4. The van der Waals surface area contributed by atoms with E-state index in [2.05, 4.69) is 34.0 Å². The Morgan fingerprint density at radius 1 is 1.28 bits per heavy atom. The zero-order chi connectivity index (χ0) is 25.4. The minimum atomic E-state index is -1.36. The standard InChI is InChI=1S/C25H33N4O6P/c1-5-18-21(22(32-4)23(33-18)28-15-13-20(26-16(2)30)27-24(28)31)34-36-29-14-9-12-19(29)25(3,35-36)17-10-7-6-8-11-17/h6-8,10-11,13,15,18-19,21-23H,5,9,12,14H2,1-4H3,(H,26,27,30,31)/t18-,19-,21+,22?,23-,25+,36-/m1/s1. The Bertz CT molecular complexity index is 1150. The van der Waals surface area contributed by atoms with Crippen molar-refractivity contribution in [1.29, 1.82) is 0 Å². The summed E-state index contributed by atoms with van der Waals surface area (Å²) in [5.74, 6) is -0.105. The van der Waals surface area contributed by atoms with Gasteiger partial charge in [0.05, 0.1) is 12.1 Å². The average Bonchev–Trinajstić information content (AvgIpc) is 3.55. The van der Waals surface area contributed by atoms with E-state index >= 15 is 0 Å². The maximum atomic E-state index is 12.8. The van der Waals surface area contributed by atoms with Crippen LogP contribution in [0.2, 0.25) is 0 Å². The Labute approximate surface area is 211 Å². The number of methoxy groups -OCH3 is 1. The summed E-state index contributed by atoms with van der Waals surface area (Å²) in [6.45, 7) is 6.45. The lowest BCUT2D eigenvalue weighted by Gasteiger charge is -2.29. The summed E-state index contributed by atoms with van der Waals surface area (Å²) in [5, 5.41) is 2.53. The van der Waals surface area contributed by atoms with E-state index in [4.69, 9.17) is 18.5 Å². The van der Waals surface area contributed by atoms with E-state index in [1.165, 1.54) is 11.5 Å². The molecular formula is C25H33N4O6P. The van der Waals surface area contributed by atoms with Crippen LogP contribution in [0.5, 0.6) is 0 Å². The van der Waals surface area contributed by atoms with Crippen molar-refractivity contribution in [2.75, 3.05) is 19.0 Å². The molecule has 2 aromatic rings. The highest BCUT2D eigenvalue weighted by atomic mass is 31.2. The molecule has 0 radical (unpaired) electrons. The van der Waals surface area contributed by atoms with Crippen molar-refractivity contribution >= 4 is 20.3 Å². The Morgan fingerprint density at radius 3 is 2.72 bits per heavy atom. The van der Waals surface area contributed by atoms with Gasteiger partial charge in [-0.05, 0) is 37.8 Å². The highest BCUT2D eigenvalue weighted by Crippen LogP contribution is 2.64. The maximum absolute atomic E-state index is 12.8. The first-order valence-electron chi connectivity index (χ1n) is 12.4. The molecule has 5 rings (SSSR count). The summed E-state index contributed by atoms with van der Waals surface area (Å²) in [7, 11) is 0.232. The second kappa shape index (κ2) is 10.3. The second-order valence-corrected chi connectivity index (χ2v) is 10.9. The van der Waals surface area contributed by atoms with Gasteiger partial charge in [-0.1, -0.05) is 37.3 Å². The Hall–Kier alpha value is -2.20. The third-order valence-electron chi connectivity index (χ3n) is 7.27. The van der Waals surface area contributed by atoms with Gasteiger partial charge in [0.15, 0.2) is 6.23 Å². The molecule has 1 amide bonds. The quantitative estimate of drug-likeness (QED) is 0.558. The van der Waals surface area contributed by atoms with Gasteiger partial charge in [0.2, 0.25) is 5.91 Å². The molecule has 1 unspecified atom stereocenters. The number of hydrogen-bond donors (Lipinski definition) is 1. The van der Waals surface area contributed by atoms with E-state index < -0.39 is 38.3 Å². The fourth-order valence-corrected chi connectivity index (χ4v) is 7.63. The van der Waals surface area contributed by atoms with E-state index in [1.54, 1.807) is 19.4 Å². The molecule has 4 heterocycles. The van der Waals surface area contributed by atoms with Crippen LogP contribution in [0.1, 0.15) is 51.8 Å². The topological polar surface area (TPSA) is 104 Å². The number of benzene rings is 1. The normalized spacial score (nSPS) is 34.1. The van der Waals surface area contributed by atoms with Gasteiger partial charge in [-0.15, -0.1) is 0 Å². The van der Waals surface area contributed by atoms with Crippen molar-refractivity contribution < 1.29 is 23.3 Å². The van der Waals surface area contributed by atoms with Crippen molar-refractivity contribution in [2.24, 2.45) is 0 Å². The lowest BCUT2D eigenvalue weighted by molar-refractivity contribution is -0.114. The van der Waals surface area contributed by atoms with Crippen molar-refractivity contribution in [3.63, 3.8) is 0 Å². The van der Waals surface area contributed by atoms with Crippen molar-refractivity contribution in [1.82, 2.24) is 14.2 Å². The van der Waals surface area contributed by atoms with E-state index in [9.17, 15) is 9.59 Å². The van der Waals surface area contributed by atoms with E-state index in [1.807, 2.05) is 25.1 Å². The lowest BCUT2D eigenvalue weighted by atomic mass is 9.87. The Morgan fingerprint density at radius 2 is 2.06 bits per heavy atom. The maximum Gasteiger partial charge on any atom is 0.351 e. The van der Waals surface area contributed by atoms with E-state index in [0.717, 1.165) is 24.9 Å². The summed E-state index contributed by atoms with van der Waals surface area (Å²) in [6, 6.07) is 12.1. The molecule has 1 N–H and O–H groups in total. The molecule has 3 saturated heterocycles. The van der Waals surface area contributed by atoms with Crippen LogP contribution >= 0.6 is 8.53 Å². The van der Waals surface area contributed by atoms with Crippen LogP contribution in [-0.2, 0) is 28.9 Å². The number of carbonyl (C=O) groups is 1. The third kappa shape index (κ3) is 4.51. The zero-order valence-electron chi connectivity index (χ0n) is 21.0. The molecule has 194 valence electrons. The zero-order valence-corrected chi connectivity index (χ0v) is 21.9. The van der Waals surface area contributed by atoms with Gasteiger partial charge in [-0.2, -0.15) is 4.98 Å². The molecule has 0 bridgehead atoms. The largest absolute Gasteiger partial charge is 0.374 e. The van der Waals surface area contributed by atoms with Crippen LogP contribution in [-0.4, -0.2) is 58.1 Å². The van der Waals surface area contributed by atoms with E-state index in [-0.39, 0.29) is 23.9 Å². The molecule has 7 atom stereocenters. The van der Waals surface area contributed by atoms with Gasteiger partial charge in [0.1, 0.15) is 23.6 Å². The van der Waals surface area contributed by atoms with Crippen LogP contribution in [0, 0.1) is 0 Å². The average molecular weight is 517 g/mol. The van der Waals surface area contributed by atoms with Crippen molar-refractivity contribution in [3.8, 4) is 0 Å². The third-order valence-corrected chi connectivity index (χ3v) is 9.12. The fourth-order valence-electron chi connectivity index (χ4n) is 5.48. The van der Waals surface area contributed by atoms with Gasteiger partial charge < -0.3 is 23.8 Å². The summed E-state index contributed by atoms with van der Waals surface area (Å²) in [5.41, 5.74) is 0.138. The Kier molecular flexibility index (Phi) is 7.27. The summed E-state index contributed by atoms with van der Waals surface area (Å²) < 4.78 is 29.3. The highest BCUT2D eigenvalue weighted by molar-refractivity contribution is 7.45. The number of rotatable bonds is 7. The number of ether oxygens (including phenoxy) is 2. The summed E-state index contributed by atoms with van der Waals surface area (Å²) >= 11 is 0. The van der Waals surface area contributed by atoms with Crippen LogP contribution in [0.25, 0.3) is 0 Å². The van der Waals surface area contributed by atoms with Gasteiger partial charge in [-0.25, -0.2) is 9.46 Å². The summed E-state index contributed by atoms with van der Waals surface area (Å²) in [6.07, 6.45) is 2.39. The molecule has 11 heteroatoms. The smallest absolute Gasteiger partial charge is 0.351 e. The molecule has 1 aromatic heterocycles. The van der Waals surface area contributed by atoms with Gasteiger partial charge in [0.25, 0.3) is 8.53 Å². The second-order valence-electron chi connectivity index (χ2n) is 9.55. The van der Waals surface area contributed by atoms with Gasteiger partial charge >= 0.3 is 5.69 Å². The lowest BCUT2D eigenvalue weighted by Crippen LogP contribution is -2.38. The molecule has 0 saturated carbocycles. The molecule has 0 aliphatic carbocycles. The molecule has 3 aliphatic rings. The number of fused-ring (bicyclic) bond motifs is 1. The van der Waals surface area contributed by atoms with Crippen LogP contribution in [0.3, 0.4) is 0 Å².